The second-order valence-electron chi connectivity index (χ2n) is 6.35. The topological polar surface area (TPSA) is 34.2 Å². The van der Waals surface area contributed by atoms with E-state index in [4.69, 9.17) is 5.73 Å². The highest BCUT2D eigenvalue weighted by Gasteiger charge is 2.26. The van der Waals surface area contributed by atoms with Crippen LogP contribution in [0.4, 0.5) is 0 Å². The molecule has 0 saturated carbocycles. The highest BCUT2D eigenvalue weighted by atomic mass is 15.2. The van der Waals surface area contributed by atoms with Crippen LogP contribution >= 0.6 is 0 Å². The molecule has 0 spiro atoms. The Labute approximate surface area is 127 Å². The molecule has 114 valence electrons. The molecule has 1 aromatic carbocycles. The van der Waals surface area contributed by atoms with E-state index in [0.29, 0.717) is 6.04 Å². The lowest BCUT2D eigenvalue weighted by atomic mass is 9.96. The molecule has 2 unspecified atom stereocenters. The number of nitrogens with two attached hydrogens (primary N) is 1. The standard InChI is InChI=1S/C18H27N3/c1-3-20-12-15(16-8-4-5-10-18(16)20)13-21-11-7-6-9-17(21)14(2)19/h4-5,8,10,12,14,17H,3,6-7,9,11,13,19H2,1-2H3. The molecule has 3 nitrogen and oxygen atoms in total. The van der Waals surface area contributed by atoms with Crippen molar-refractivity contribution in [3.05, 3.63) is 36.0 Å². The zero-order valence-corrected chi connectivity index (χ0v) is 13.3. The fraction of sp³-hybridized carbons (Fsp3) is 0.556. The Balaban J connectivity index is 1.90. The van der Waals surface area contributed by atoms with Gasteiger partial charge >= 0.3 is 0 Å². The first-order chi connectivity index (χ1) is 10.2. The maximum atomic E-state index is 6.21. The molecule has 2 N–H and O–H groups in total. The summed E-state index contributed by atoms with van der Waals surface area (Å²) in [5.41, 5.74) is 9.00. The van der Waals surface area contributed by atoms with Gasteiger partial charge in [0.2, 0.25) is 0 Å². The minimum atomic E-state index is 0.254. The summed E-state index contributed by atoms with van der Waals surface area (Å²) < 4.78 is 2.36. The van der Waals surface area contributed by atoms with E-state index in [9.17, 15) is 0 Å². The first-order valence-corrected chi connectivity index (χ1v) is 8.27. The van der Waals surface area contributed by atoms with Crippen LogP contribution < -0.4 is 5.73 Å². The third-order valence-electron chi connectivity index (χ3n) is 4.86. The van der Waals surface area contributed by atoms with Crippen LogP contribution in [0.25, 0.3) is 10.9 Å². The Bertz CT molecular complexity index is 600. The Morgan fingerprint density at radius 3 is 2.86 bits per heavy atom. The number of aryl methyl sites for hydroxylation is 1. The number of piperidine rings is 1. The van der Waals surface area contributed by atoms with Gasteiger partial charge in [-0.15, -0.1) is 0 Å². The van der Waals surface area contributed by atoms with Gasteiger partial charge in [-0.3, -0.25) is 4.90 Å². The van der Waals surface area contributed by atoms with E-state index in [2.05, 4.69) is 53.8 Å². The highest BCUT2D eigenvalue weighted by Crippen LogP contribution is 2.26. The highest BCUT2D eigenvalue weighted by molar-refractivity contribution is 5.83. The summed E-state index contributed by atoms with van der Waals surface area (Å²) in [6, 6.07) is 9.53. The molecule has 0 amide bonds. The Morgan fingerprint density at radius 2 is 2.10 bits per heavy atom. The normalized spacial score (nSPS) is 21.8. The molecular weight excluding hydrogens is 258 g/mol. The second-order valence-corrected chi connectivity index (χ2v) is 6.35. The van der Waals surface area contributed by atoms with Gasteiger partial charge in [-0.2, -0.15) is 0 Å². The predicted octanol–water partition coefficient (Wildman–Crippen LogP) is 3.36. The zero-order valence-electron chi connectivity index (χ0n) is 13.3. The van der Waals surface area contributed by atoms with Gasteiger partial charge in [0.15, 0.2) is 0 Å². The predicted molar refractivity (Wildman–Crippen MR) is 89.3 cm³/mol. The molecule has 1 aliphatic rings. The first-order valence-electron chi connectivity index (χ1n) is 8.27. The van der Waals surface area contributed by atoms with Crippen LogP contribution in [-0.4, -0.2) is 28.1 Å². The molecule has 21 heavy (non-hydrogen) atoms. The van der Waals surface area contributed by atoms with Crippen molar-refractivity contribution in [3.63, 3.8) is 0 Å². The summed E-state index contributed by atoms with van der Waals surface area (Å²) in [5, 5.41) is 1.40. The molecule has 0 aliphatic carbocycles. The number of hydrogen-bond donors (Lipinski definition) is 1. The van der Waals surface area contributed by atoms with Crippen molar-refractivity contribution in [2.45, 2.75) is 58.3 Å². The Kier molecular flexibility index (Phi) is 4.32. The number of likely N-dealkylation sites (tertiary alicyclic amines) is 1. The number of rotatable bonds is 4. The largest absolute Gasteiger partial charge is 0.347 e. The number of nitrogens with zero attached hydrogens (tertiary/aromatic N) is 2. The van der Waals surface area contributed by atoms with Crippen LogP contribution in [0.2, 0.25) is 0 Å². The summed E-state index contributed by atoms with van der Waals surface area (Å²) in [6.45, 7) is 7.59. The van der Waals surface area contributed by atoms with Gasteiger partial charge in [0.1, 0.15) is 0 Å². The van der Waals surface area contributed by atoms with Crippen molar-refractivity contribution in [2.75, 3.05) is 6.54 Å². The smallest absolute Gasteiger partial charge is 0.0483 e. The third-order valence-corrected chi connectivity index (χ3v) is 4.86. The maximum Gasteiger partial charge on any atom is 0.0483 e. The summed E-state index contributed by atoms with van der Waals surface area (Å²) >= 11 is 0. The van der Waals surface area contributed by atoms with Crippen LogP contribution in [0.5, 0.6) is 0 Å². The van der Waals surface area contributed by atoms with Crippen LogP contribution in [0.15, 0.2) is 30.5 Å². The summed E-state index contributed by atoms with van der Waals surface area (Å²) in [7, 11) is 0. The van der Waals surface area contributed by atoms with Crippen molar-refractivity contribution in [3.8, 4) is 0 Å². The molecule has 2 aromatic rings. The number of benzene rings is 1. The van der Waals surface area contributed by atoms with Crippen LogP contribution in [-0.2, 0) is 13.1 Å². The molecule has 2 heterocycles. The molecular formula is C18H27N3. The molecule has 0 radical (unpaired) electrons. The lowest BCUT2D eigenvalue weighted by Crippen LogP contribution is -2.48. The van der Waals surface area contributed by atoms with Gasteiger partial charge in [0, 0.05) is 42.3 Å². The van der Waals surface area contributed by atoms with E-state index >= 15 is 0 Å². The fourth-order valence-electron chi connectivity index (χ4n) is 3.74. The van der Waals surface area contributed by atoms with Gasteiger partial charge in [-0.05, 0) is 44.9 Å². The number of hydrogen-bond acceptors (Lipinski definition) is 2. The first kappa shape index (κ1) is 14.6. The molecule has 1 saturated heterocycles. The quantitative estimate of drug-likeness (QED) is 0.934. The number of aromatic nitrogens is 1. The third kappa shape index (κ3) is 2.85. The zero-order chi connectivity index (χ0) is 14.8. The fourth-order valence-corrected chi connectivity index (χ4v) is 3.74. The van der Waals surface area contributed by atoms with E-state index in [1.807, 2.05) is 0 Å². The lowest BCUT2D eigenvalue weighted by Gasteiger charge is -2.38. The maximum absolute atomic E-state index is 6.21. The SMILES string of the molecule is CCn1cc(CN2CCCCC2C(C)N)c2ccccc21. The van der Waals surface area contributed by atoms with Gasteiger partial charge < -0.3 is 10.3 Å². The van der Waals surface area contributed by atoms with Crippen molar-refractivity contribution in [1.29, 1.82) is 0 Å². The van der Waals surface area contributed by atoms with Crippen molar-refractivity contribution < 1.29 is 0 Å². The second kappa shape index (κ2) is 6.20. The summed E-state index contributed by atoms with van der Waals surface area (Å²) in [5.74, 6) is 0. The Morgan fingerprint density at radius 1 is 1.29 bits per heavy atom. The monoisotopic (exact) mass is 285 g/mol. The van der Waals surface area contributed by atoms with Crippen LogP contribution in [0.3, 0.4) is 0 Å². The minimum Gasteiger partial charge on any atom is -0.347 e. The van der Waals surface area contributed by atoms with Crippen LogP contribution in [0, 0.1) is 0 Å². The van der Waals surface area contributed by atoms with Crippen molar-refractivity contribution >= 4 is 10.9 Å². The molecule has 1 aliphatic heterocycles. The Hall–Kier alpha value is -1.32. The molecule has 2 atom stereocenters. The molecule has 3 rings (SSSR count). The van der Waals surface area contributed by atoms with E-state index < -0.39 is 0 Å². The average molecular weight is 285 g/mol. The minimum absolute atomic E-state index is 0.254. The van der Waals surface area contributed by atoms with Crippen molar-refractivity contribution in [1.82, 2.24) is 9.47 Å². The summed E-state index contributed by atoms with van der Waals surface area (Å²) in [4.78, 5) is 2.59. The van der Waals surface area contributed by atoms with Gasteiger partial charge in [0.05, 0.1) is 0 Å². The summed E-state index contributed by atoms with van der Waals surface area (Å²) in [6.07, 6.45) is 6.19. The van der Waals surface area contributed by atoms with Gasteiger partial charge in [-0.1, -0.05) is 24.6 Å². The lowest BCUT2D eigenvalue weighted by molar-refractivity contribution is 0.123. The van der Waals surface area contributed by atoms with E-state index in [1.165, 1.54) is 42.3 Å². The van der Waals surface area contributed by atoms with Gasteiger partial charge in [-0.25, -0.2) is 0 Å². The van der Waals surface area contributed by atoms with Crippen LogP contribution in [0.1, 0.15) is 38.7 Å². The van der Waals surface area contributed by atoms with E-state index in [0.717, 1.165) is 13.1 Å². The van der Waals surface area contributed by atoms with E-state index in [1.54, 1.807) is 0 Å². The number of fused-ring (bicyclic) bond motifs is 1. The molecule has 1 fully saturated rings. The molecule has 3 heteroatoms. The van der Waals surface area contributed by atoms with Gasteiger partial charge in [0.25, 0.3) is 0 Å². The molecule has 1 aromatic heterocycles. The van der Waals surface area contributed by atoms with E-state index in [-0.39, 0.29) is 6.04 Å². The average Bonchev–Trinajstić information content (AvgIpc) is 2.86. The van der Waals surface area contributed by atoms with Crippen molar-refractivity contribution in [2.24, 2.45) is 5.73 Å². The number of para-hydroxylation sites is 1. The molecule has 0 bridgehead atoms.